The van der Waals surface area contributed by atoms with E-state index in [-0.39, 0.29) is 40.5 Å². The van der Waals surface area contributed by atoms with Gasteiger partial charge in [0.1, 0.15) is 5.82 Å². The van der Waals surface area contributed by atoms with E-state index in [9.17, 15) is 9.18 Å². The first-order valence-electron chi connectivity index (χ1n) is 12.1. The highest BCUT2D eigenvalue weighted by Crippen LogP contribution is 2.44. The van der Waals surface area contributed by atoms with Gasteiger partial charge in [-0.05, 0) is 87.4 Å². The zero-order valence-corrected chi connectivity index (χ0v) is 21.1. The van der Waals surface area contributed by atoms with E-state index in [0.717, 1.165) is 41.2 Å². The lowest BCUT2D eigenvalue weighted by Gasteiger charge is -2.46. The summed E-state index contributed by atoms with van der Waals surface area (Å²) in [7, 11) is 1.50. The Bertz CT molecular complexity index is 1340. The Morgan fingerprint density at radius 2 is 1.75 bits per heavy atom. The quantitative estimate of drug-likeness (QED) is 0.473. The number of aryl methyl sites for hydroxylation is 1. The van der Waals surface area contributed by atoms with E-state index in [1.54, 1.807) is 0 Å². The van der Waals surface area contributed by atoms with Crippen LogP contribution in [0.3, 0.4) is 0 Å². The highest BCUT2D eigenvalue weighted by atomic mass is 19.1. The topological polar surface area (TPSA) is 115 Å². The van der Waals surface area contributed by atoms with Crippen LogP contribution in [0.4, 0.5) is 26.2 Å². The van der Waals surface area contributed by atoms with Gasteiger partial charge in [0.15, 0.2) is 11.6 Å². The van der Waals surface area contributed by atoms with Gasteiger partial charge in [-0.25, -0.2) is 18.6 Å². The molecule has 0 atom stereocenters. The molecule has 2 aromatic heterocycles. The van der Waals surface area contributed by atoms with Crippen LogP contribution in [-0.2, 0) is 7.05 Å². The smallest absolute Gasteiger partial charge is 0.365 e. The molecule has 2 aliphatic rings. The maximum absolute atomic E-state index is 15.1. The van der Waals surface area contributed by atoms with Gasteiger partial charge in [-0.3, -0.25) is 0 Å². The number of anilines is 3. The Morgan fingerprint density at radius 1 is 1.06 bits per heavy atom. The number of hydrogen-bond donors (Lipinski definition) is 3. The second kappa shape index (κ2) is 8.61. The predicted molar refractivity (Wildman–Crippen MR) is 132 cm³/mol. The van der Waals surface area contributed by atoms with Crippen LogP contribution in [0.25, 0.3) is 5.69 Å². The summed E-state index contributed by atoms with van der Waals surface area (Å²) in [5.74, 6) is -0.880. The van der Waals surface area contributed by atoms with Crippen molar-refractivity contribution in [2.24, 2.45) is 7.05 Å². The van der Waals surface area contributed by atoms with Gasteiger partial charge in [-0.2, -0.15) is 14.3 Å². The molecule has 1 aliphatic carbocycles. The molecule has 0 bridgehead atoms. The van der Waals surface area contributed by atoms with Crippen molar-refractivity contribution in [3.05, 3.63) is 46.0 Å². The Hall–Kier alpha value is -3.41. The summed E-state index contributed by atoms with van der Waals surface area (Å²) in [4.78, 5) is 20.8. The molecular formula is C24H31F2N9O. The molecule has 1 aromatic carbocycles. The molecule has 2 fully saturated rings. The van der Waals surface area contributed by atoms with Crippen LogP contribution in [0.15, 0.2) is 23.1 Å². The van der Waals surface area contributed by atoms with Gasteiger partial charge in [-0.15, -0.1) is 0 Å². The van der Waals surface area contributed by atoms with Gasteiger partial charge in [0.05, 0.1) is 17.6 Å². The third-order valence-corrected chi connectivity index (χ3v) is 6.60. The second-order valence-corrected chi connectivity index (χ2v) is 11.1. The van der Waals surface area contributed by atoms with Gasteiger partial charge >= 0.3 is 5.69 Å². The molecule has 3 N–H and O–H groups in total. The molecule has 0 amide bonds. The zero-order chi connectivity index (χ0) is 25.8. The lowest BCUT2D eigenvalue weighted by atomic mass is 9.79. The SMILES string of the molecule is Cn1nnn(-c2cc(Nc3ncc(F)c(NC4CC(C)(C)NC(C)(C)C4)n3)c(F)cc2C2CC2)c1=O. The molecule has 10 nitrogen and oxygen atoms in total. The zero-order valence-electron chi connectivity index (χ0n) is 21.1. The number of halogens is 2. The van der Waals surface area contributed by atoms with Crippen LogP contribution in [0, 0.1) is 11.6 Å². The summed E-state index contributed by atoms with van der Waals surface area (Å²) in [5, 5.41) is 17.3. The number of aromatic nitrogens is 6. The standard InChI is InChI=1S/C24H31F2N9O/c1-23(2)10-14(11-24(3,4)31-23)28-20-17(26)12-27-21(30-20)29-18-9-19(35-22(36)34(5)32-33-35)15(8-16(18)25)13-6-7-13/h8-9,12-14,31H,6-7,10-11H2,1-5H3,(H2,27,28,29,30). The Balaban J connectivity index is 1.44. The largest absolute Gasteiger partial charge is 0.368 e. The molecule has 3 heterocycles. The molecule has 12 heteroatoms. The van der Waals surface area contributed by atoms with Crippen molar-refractivity contribution >= 4 is 17.5 Å². The van der Waals surface area contributed by atoms with Gasteiger partial charge in [0, 0.05) is 24.2 Å². The van der Waals surface area contributed by atoms with Gasteiger partial charge in [0.2, 0.25) is 5.95 Å². The second-order valence-electron chi connectivity index (χ2n) is 11.1. The molecule has 1 aliphatic heterocycles. The molecule has 0 unspecified atom stereocenters. The van der Waals surface area contributed by atoms with Crippen molar-refractivity contribution in [3.8, 4) is 5.69 Å². The summed E-state index contributed by atoms with van der Waals surface area (Å²) in [5.41, 5.74) is 0.481. The molecule has 0 radical (unpaired) electrons. The average molecular weight is 500 g/mol. The lowest BCUT2D eigenvalue weighted by Crippen LogP contribution is -2.60. The van der Waals surface area contributed by atoms with Crippen LogP contribution in [-0.4, -0.2) is 46.9 Å². The molecule has 1 saturated heterocycles. The molecule has 36 heavy (non-hydrogen) atoms. The van der Waals surface area contributed by atoms with Crippen LogP contribution in [0.5, 0.6) is 0 Å². The van der Waals surface area contributed by atoms with Gasteiger partial charge in [-0.1, -0.05) is 0 Å². The summed E-state index contributed by atoms with van der Waals surface area (Å²) < 4.78 is 32.0. The minimum absolute atomic E-state index is 0.0156. The Kier molecular flexibility index (Phi) is 5.81. The maximum Gasteiger partial charge on any atom is 0.368 e. The van der Waals surface area contributed by atoms with Gasteiger partial charge < -0.3 is 16.0 Å². The lowest BCUT2D eigenvalue weighted by molar-refractivity contribution is 0.170. The minimum atomic E-state index is -0.592. The van der Waals surface area contributed by atoms with Crippen LogP contribution in [0.2, 0.25) is 0 Å². The third kappa shape index (κ3) is 4.95. The van der Waals surface area contributed by atoms with E-state index in [4.69, 9.17) is 0 Å². The number of hydrogen-bond acceptors (Lipinski definition) is 8. The van der Waals surface area contributed by atoms with E-state index in [2.05, 4.69) is 64.0 Å². The molecule has 3 aromatic rings. The first-order chi connectivity index (χ1) is 16.9. The number of piperidine rings is 1. The number of tetrazole rings is 1. The van der Waals surface area contributed by atoms with Crippen molar-refractivity contribution in [1.82, 2.24) is 35.1 Å². The summed E-state index contributed by atoms with van der Waals surface area (Å²) in [6.07, 6.45) is 4.43. The number of benzene rings is 1. The highest BCUT2D eigenvalue weighted by Gasteiger charge is 2.38. The van der Waals surface area contributed by atoms with E-state index in [1.165, 1.54) is 19.2 Å². The van der Waals surface area contributed by atoms with Crippen molar-refractivity contribution < 1.29 is 8.78 Å². The summed E-state index contributed by atoms with van der Waals surface area (Å²) in [6, 6.07) is 2.88. The van der Waals surface area contributed by atoms with Crippen molar-refractivity contribution in [2.75, 3.05) is 10.6 Å². The normalized spacial score (nSPS) is 19.3. The van der Waals surface area contributed by atoms with Crippen molar-refractivity contribution in [2.45, 2.75) is 76.4 Å². The number of rotatable bonds is 6. The molecular weight excluding hydrogens is 468 g/mol. The van der Waals surface area contributed by atoms with E-state index >= 15 is 4.39 Å². The average Bonchev–Trinajstić information content (AvgIpc) is 3.55. The summed E-state index contributed by atoms with van der Waals surface area (Å²) >= 11 is 0. The monoisotopic (exact) mass is 499 g/mol. The van der Waals surface area contributed by atoms with Gasteiger partial charge in [0.25, 0.3) is 0 Å². The highest BCUT2D eigenvalue weighted by molar-refractivity contribution is 5.62. The minimum Gasteiger partial charge on any atom is -0.365 e. The Labute approximate surface area is 207 Å². The van der Waals surface area contributed by atoms with E-state index in [1.807, 2.05) is 0 Å². The fourth-order valence-electron chi connectivity index (χ4n) is 5.31. The van der Waals surface area contributed by atoms with Crippen LogP contribution in [0.1, 0.15) is 64.9 Å². The molecule has 1 saturated carbocycles. The Morgan fingerprint density at radius 3 is 2.36 bits per heavy atom. The maximum atomic E-state index is 15.1. The predicted octanol–water partition coefficient (Wildman–Crippen LogP) is 3.38. The first kappa shape index (κ1) is 24.3. The summed E-state index contributed by atoms with van der Waals surface area (Å²) in [6.45, 7) is 8.44. The fraction of sp³-hybridized carbons (Fsp3) is 0.542. The van der Waals surface area contributed by atoms with Crippen molar-refractivity contribution in [3.63, 3.8) is 0 Å². The molecule has 0 spiro atoms. The number of nitrogens with one attached hydrogen (secondary N) is 3. The third-order valence-electron chi connectivity index (χ3n) is 6.60. The van der Waals surface area contributed by atoms with Crippen LogP contribution < -0.4 is 21.6 Å². The van der Waals surface area contributed by atoms with E-state index in [0.29, 0.717) is 11.3 Å². The molecule has 192 valence electrons. The van der Waals surface area contributed by atoms with E-state index < -0.39 is 17.3 Å². The van der Waals surface area contributed by atoms with Crippen LogP contribution >= 0.6 is 0 Å². The fourth-order valence-corrected chi connectivity index (χ4v) is 5.31. The number of nitrogens with zero attached hydrogens (tertiary/aromatic N) is 6. The first-order valence-corrected chi connectivity index (χ1v) is 12.1. The van der Waals surface area contributed by atoms with Crippen molar-refractivity contribution in [1.29, 1.82) is 0 Å². The molecule has 5 rings (SSSR count).